The molecule has 0 aliphatic carbocycles. The Balaban J connectivity index is 2.68. The van der Waals surface area contributed by atoms with E-state index in [2.05, 4.69) is 9.35 Å². The molecule has 1 aromatic carbocycles. The average molecular weight is 286 g/mol. The van der Waals surface area contributed by atoms with Crippen LogP contribution in [0.5, 0.6) is 0 Å². The number of hydrogen-bond donors (Lipinski definition) is 0. The number of alkyl halides is 3. The first-order valence-corrected chi connectivity index (χ1v) is 6.74. The van der Waals surface area contributed by atoms with Crippen molar-refractivity contribution in [3.8, 4) is 0 Å². The highest BCUT2D eigenvalue weighted by molar-refractivity contribution is 7.94. The highest BCUT2D eigenvalue weighted by Gasteiger charge is 2.44. The molecule has 0 amide bonds. The van der Waals surface area contributed by atoms with Gasteiger partial charge in [-0.2, -0.15) is 17.5 Å². The number of rotatable bonds is 2. The number of aromatic nitrogens is 1. The van der Waals surface area contributed by atoms with Crippen molar-refractivity contribution in [1.82, 2.24) is 4.98 Å². The first-order valence-electron chi connectivity index (χ1n) is 5.23. The standard InChI is InChI=1S/C12H9F3N2OS/c13-12(14,15)19(18,10-6-2-1-3-7-10)17-11-8-4-5-9-16-11/h1-9H. The van der Waals surface area contributed by atoms with Crippen LogP contribution in [-0.4, -0.2) is 14.7 Å². The Bertz CT molecular complexity index is 662. The highest BCUT2D eigenvalue weighted by Crippen LogP contribution is 2.34. The van der Waals surface area contributed by atoms with E-state index in [0.29, 0.717) is 0 Å². The van der Waals surface area contributed by atoms with Crippen LogP contribution in [-0.2, 0) is 9.73 Å². The minimum Gasteiger partial charge on any atom is -0.237 e. The van der Waals surface area contributed by atoms with E-state index in [9.17, 15) is 17.4 Å². The summed E-state index contributed by atoms with van der Waals surface area (Å²) >= 11 is 0. The lowest BCUT2D eigenvalue weighted by Gasteiger charge is -2.13. The first-order chi connectivity index (χ1) is 8.93. The van der Waals surface area contributed by atoms with Crippen LogP contribution in [0.25, 0.3) is 0 Å². The van der Waals surface area contributed by atoms with E-state index in [0.717, 1.165) is 12.1 Å². The van der Waals surface area contributed by atoms with E-state index in [1.165, 1.54) is 36.5 Å². The van der Waals surface area contributed by atoms with Crippen LogP contribution in [0.3, 0.4) is 0 Å². The van der Waals surface area contributed by atoms with E-state index >= 15 is 0 Å². The van der Waals surface area contributed by atoms with Crippen LogP contribution < -0.4 is 0 Å². The van der Waals surface area contributed by atoms with Gasteiger partial charge in [-0.05, 0) is 24.3 Å². The molecular weight excluding hydrogens is 277 g/mol. The van der Waals surface area contributed by atoms with Gasteiger partial charge in [-0.15, -0.1) is 0 Å². The molecule has 0 aliphatic heterocycles. The number of benzene rings is 1. The fourth-order valence-electron chi connectivity index (χ4n) is 1.38. The summed E-state index contributed by atoms with van der Waals surface area (Å²) in [5.41, 5.74) is -4.97. The Labute approximate surface area is 108 Å². The van der Waals surface area contributed by atoms with Crippen LogP contribution >= 0.6 is 0 Å². The van der Waals surface area contributed by atoms with Gasteiger partial charge in [0.2, 0.25) is 0 Å². The molecule has 0 spiro atoms. The topological polar surface area (TPSA) is 42.3 Å². The van der Waals surface area contributed by atoms with E-state index in [1.807, 2.05) is 0 Å². The third-order valence-corrected chi connectivity index (χ3v) is 4.23. The van der Waals surface area contributed by atoms with Crippen molar-refractivity contribution in [2.24, 2.45) is 4.36 Å². The minimum absolute atomic E-state index is 0.214. The van der Waals surface area contributed by atoms with Crippen LogP contribution in [0.4, 0.5) is 19.0 Å². The lowest BCUT2D eigenvalue weighted by atomic mass is 10.4. The molecule has 2 rings (SSSR count). The fraction of sp³-hybridized carbons (Fsp3) is 0.0833. The zero-order chi connectivity index (χ0) is 13.9. The van der Waals surface area contributed by atoms with Gasteiger partial charge in [0.1, 0.15) is 0 Å². The van der Waals surface area contributed by atoms with Crippen LogP contribution in [0.2, 0.25) is 0 Å². The second kappa shape index (κ2) is 5.00. The summed E-state index contributed by atoms with van der Waals surface area (Å²) in [5, 5.41) is 0. The molecule has 0 fully saturated rings. The summed E-state index contributed by atoms with van der Waals surface area (Å²) < 4.78 is 54.8. The van der Waals surface area contributed by atoms with Gasteiger partial charge in [0.05, 0.1) is 4.90 Å². The molecule has 0 N–H and O–H groups in total. The normalized spacial score (nSPS) is 14.7. The number of nitrogens with zero attached hydrogens (tertiary/aromatic N) is 2. The van der Waals surface area contributed by atoms with Crippen LogP contribution in [0, 0.1) is 0 Å². The molecule has 7 heteroatoms. The fourth-order valence-corrected chi connectivity index (χ4v) is 2.76. The molecule has 1 heterocycles. The van der Waals surface area contributed by atoms with Crippen LogP contribution in [0.15, 0.2) is 64.0 Å². The zero-order valence-corrected chi connectivity index (χ0v) is 10.4. The smallest absolute Gasteiger partial charge is 0.237 e. The lowest BCUT2D eigenvalue weighted by molar-refractivity contribution is -0.0402. The molecule has 19 heavy (non-hydrogen) atoms. The predicted octanol–water partition coefficient (Wildman–Crippen LogP) is 3.76. The Kier molecular flexibility index (Phi) is 3.57. The Hall–Kier alpha value is -1.89. The molecule has 0 saturated heterocycles. The number of pyridine rings is 1. The SMILES string of the molecule is O=S(=Nc1ccccn1)(c1ccccc1)C(F)(F)F. The van der Waals surface area contributed by atoms with Gasteiger partial charge in [-0.1, -0.05) is 24.3 Å². The van der Waals surface area contributed by atoms with Gasteiger partial charge < -0.3 is 0 Å². The predicted molar refractivity (Wildman–Crippen MR) is 65.2 cm³/mol. The number of hydrogen-bond acceptors (Lipinski definition) is 3. The Morgan fingerprint density at radius 1 is 1.00 bits per heavy atom. The van der Waals surface area contributed by atoms with Crippen molar-refractivity contribution >= 4 is 15.5 Å². The molecule has 0 saturated carbocycles. The monoisotopic (exact) mass is 286 g/mol. The molecular formula is C12H9F3N2OS. The maximum atomic E-state index is 13.1. The summed E-state index contributed by atoms with van der Waals surface area (Å²) in [6.07, 6.45) is 1.29. The van der Waals surface area contributed by atoms with Crippen molar-refractivity contribution in [3.63, 3.8) is 0 Å². The average Bonchev–Trinajstić information content (AvgIpc) is 2.39. The highest BCUT2D eigenvalue weighted by atomic mass is 32.2. The molecule has 0 aliphatic rings. The van der Waals surface area contributed by atoms with Crippen molar-refractivity contribution in [3.05, 3.63) is 54.7 Å². The number of halogens is 3. The van der Waals surface area contributed by atoms with Crippen molar-refractivity contribution in [2.75, 3.05) is 0 Å². The van der Waals surface area contributed by atoms with E-state index in [-0.39, 0.29) is 10.7 Å². The Morgan fingerprint density at radius 3 is 2.16 bits per heavy atom. The molecule has 0 bridgehead atoms. The Morgan fingerprint density at radius 2 is 1.63 bits per heavy atom. The molecule has 1 atom stereocenters. The third kappa shape index (κ3) is 2.76. The third-order valence-electron chi connectivity index (χ3n) is 2.25. The van der Waals surface area contributed by atoms with E-state index in [4.69, 9.17) is 0 Å². The largest absolute Gasteiger partial charge is 0.484 e. The van der Waals surface area contributed by atoms with Crippen molar-refractivity contribution in [2.45, 2.75) is 10.4 Å². The van der Waals surface area contributed by atoms with E-state index < -0.39 is 15.2 Å². The van der Waals surface area contributed by atoms with Gasteiger partial charge in [0, 0.05) is 6.20 Å². The first kappa shape index (κ1) is 13.5. The quantitative estimate of drug-likeness (QED) is 0.843. The molecule has 2 aromatic rings. The molecule has 1 aromatic heterocycles. The minimum atomic E-state index is -4.97. The second-order valence-corrected chi connectivity index (χ2v) is 5.73. The van der Waals surface area contributed by atoms with Gasteiger partial charge >= 0.3 is 5.51 Å². The van der Waals surface area contributed by atoms with Gasteiger partial charge in [0.25, 0.3) is 0 Å². The second-order valence-electron chi connectivity index (χ2n) is 3.56. The van der Waals surface area contributed by atoms with Gasteiger partial charge in [-0.25, -0.2) is 9.19 Å². The summed E-state index contributed by atoms with van der Waals surface area (Å²) in [7, 11) is -4.57. The molecule has 100 valence electrons. The van der Waals surface area contributed by atoms with Crippen molar-refractivity contribution < 1.29 is 17.4 Å². The van der Waals surface area contributed by atoms with E-state index in [1.54, 1.807) is 6.07 Å². The summed E-state index contributed by atoms with van der Waals surface area (Å²) in [6.45, 7) is 0. The molecule has 3 nitrogen and oxygen atoms in total. The summed E-state index contributed by atoms with van der Waals surface area (Å²) in [6, 6.07) is 10.9. The maximum Gasteiger partial charge on any atom is 0.484 e. The summed E-state index contributed by atoms with van der Waals surface area (Å²) in [4.78, 5) is 3.28. The summed E-state index contributed by atoms with van der Waals surface area (Å²) in [5.74, 6) is -0.214. The van der Waals surface area contributed by atoms with Gasteiger partial charge in [-0.3, -0.25) is 0 Å². The molecule has 1 unspecified atom stereocenters. The van der Waals surface area contributed by atoms with Gasteiger partial charge in [0.15, 0.2) is 15.5 Å². The zero-order valence-electron chi connectivity index (χ0n) is 9.54. The van der Waals surface area contributed by atoms with Crippen molar-refractivity contribution in [1.29, 1.82) is 0 Å². The lowest BCUT2D eigenvalue weighted by Crippen LogP contribution is -2.23. The maximum absolute atomic E-state index is 13.1. The van der Waals surface area contributed by atoms with Crippen LogP contribution in [0.1, 0.15) is 0 Å². The molecule has 0 radical (unpaired) electrons.